The number of carbonyl (C=O) groups is 2. The molecule has 0 saturated heterocycles. The molecule has 0 bridgehead atoms. The minimum atomic E-state index is -3.02. The zero-order valence-corrected chi connectivity index (χ0v) is 42.3. The van der Waals surface area contributed by atoms with Crippen LogP contribution in [0.1, 0.15) is 183 Å². The number of aliphatic hydroxyl groups is 2. The number of benzene rings is 4. The lowest BCUT2D eigenvalue weighted by Gasteiger charge is -2.43. The van der Waals surface area contributed by atoms with Crippen LogP contribution in [0.25, 0.3) is 0 Å². The lowest BCUT2D eigenvalue weighted by atomic mass is 9.65. The molecule has 0 aromatic heterocycles. The minimum absolute atomic E-state index is 0.116. The largest absolute Gasteiger partial charge is 0.494 e. The van der Waals surface area contributed by atoms with Crippen LogP contribution in [0.4, 0.5) is 11.4 Å². The topological polar surface area (TPSA) is 179 Å². The van der Waals surface area contributed by atoms with E-state index in [1.807, 2.05) is 24.3 Å². The number of non-ortho nitro benzene ring substituents is 2. The molecule has 0 amide bonds. The molecule has 0 unspecified atom stereocenters. The fourth-order valence-electron chi connectivity index (χ4n) is 11.3. The van der Waals surface area contributed by atoms with Crippen molar-refractivity contribution in [3.8, 4) is 11.5 Å². The van der Waals surface area contributed by atoms with E-state index < -0.39 is 33.3 Å². The maximum atomic E-state index is 14.2. The van der Waals surface area contributed by atoms with Gasteiger partial charge >= 0.3 is 0 Å². The molecule has 4 aromatic rings. The number of ether oxygens (including phenoxy) is 2. The summed E-state index contributed by atoms with van der Waals surface area (Å²) in [6.45, 7) is 5.43. The van der Waals surface area contributed by atoms with Gasteiger partial charge in [0.25, 0.3) is 11.4 Å². The Hall–Kier alpha value is -5.46. The first-order valence-electron chi connectivity index (χ1n) is 26.7. The molecule has 12 heteroatoms. The Morgan fingerprint density at radius 1 is 0.549 bits per heavy atom. The van der Waals surface area contributed by atoms with Crippen LogP contribution in [-0.2, 0) is 22.4 Å². The van der Waals surface area contributed by atoms with Crippen LogP contribution in [0.3, 0.4) is 0 Å². The molecular weight excluding hydrogens is 897 g/mol. The number of nitro groups is 2. The number of nitro benzene ring substituents is 2. The van der Waals surface area contributed by atoms with Crippen molar-refractivity contribution in [2.75, 3.05) is 13.2 Å². The first-order valence-corrected chi connectivity index (χ1v) is 26.7. The molecule has 0 atom stereocenters. The Morgan fingerprint density at radius 3 is 1.32 bits per heavy atom. The molecule has 4 aromatic carbocycles. The van der Waals surface area contributed by atoms with Gasteiger partial charge in [-0.3, -0.25) is 29.8 Å². The van der Waals surface area contributed by atoms with E-state index >= 15 is 0 Å². The number of rotatable bonds is 30. The Labute approximate surface area is 421 Å². The molecule has 6 rings (SSSR count). The van der Waals surface area contributed by atoms with E-state index in [1.165, 1.54) is 137 Å². The molecule has 0 heterocycles. The van der Waals surface area contributed by atoms with Gasteiger partial charge in [-0.1, -0.05) is 88.1 Å². The highest BCUT2D eigenvalue weighted by Crippen LogP contribution is 2.44. The number of hydrogen-bond acceptors (Lipinski definition) is 10. The maximum absolute atomic E-state index is 14.2. The van der Waals surface area contributed by atoms with Crippen LogP contribution < -0.4 is 9.47 Å². The number of nitrogens with zero attached hydrogens (tertiary/aromatic N) is 2. The standard InChI is InChI=1S/C59H78N2O10/c1-3-11-44-15-23-48(24-16-44)50-27-35-55(36-28-50)70-39-9-5-7-13-54(62)43-58(41-46-19-31-52(32-20-46)60(66)67,42-47-21-33-53(34-22-47)61(68)69)59(64,65)57(63)14-8-6-10-40-71-56-37-29-51(30-38-56)49-25-17-45(12-4-2)18-26-49/h19-22,27-38,44-45,48-49,64-65H,3-18,23-26,39-43H2,1-2H3/t44-,45-,48-,49-. The SMILES string of the molecule is CCC[C@H]1CC[C@H](c2ccc(OCCCCCC(=O)CC(Cc3ccc([N+](=O)[O-])cc3)(Cc3ccc([N+](=O)[O-])cc3)C(O)(O)C(=O)CCCCCOc3ccc([C@H]4CC[C@H](CCC)CC4)cc3)cc2)CC1. The van der Waals surface area contributed by atoms with Crippen LogP contribution in [0.15, 0.2) is 97.1 Å². The molecule has 384 valence electrons. The van der Waals surface area contributed by atoms with E-state index in [4.69, 9.17) is 9.47 Å². The third kappa shape index (κ3) is 16.3. The normalized spacial score (nSPS) is 18.4. The predicted molar refractivity (Wildman–Crippen MR) is 278 cm³/mol. The summed E-state index contributed by atoms with van der Waals surface area (Å²) >= 11 is 0. The van der Waals surface area contributed by atoms with Crippen molar-refractivity contribution in [1.82, 2.24) is 0 Å². The third-order valence-electron chi connectivity index (χ3n) is 15.5. The van der Waals surface area contributed by atoms with Crippen LogP contribution >= 0.6 is 0 Å². The highest BCUT2D eigenvalue weighted by Gasteiger charge is 2.54. The van der Waals surface area contributed by atoms with Gasteiger partial charge in [0.05, 0.1) is 23.1 Å². The van der Waals surface area contributed by atoms with Crippen LogP contribution in [0.5, 0.6) is 11.5 Å². The lowest BCUT2D eigenvalue weighted by molar-refractivity contribution is -0.385. The molecule has 0 aliphatic heterocycles. The van der Waals surface area contributed by atoms with Gasteiger partial charge in [0, 0.05) is 48.9 Å². The minimum Gasteiger partial charge on any atom is -0.494 e. The molecule has 2 aliphatic rings. The molecule has 12 nitrogen and oxygen atoms in total. The summed E-state index contributed by atoms with van der Waals surface area (Å²) in [6, 6.07) is 28.0. The van der Waals surface area contributed by atoms with Crippen LogP contribution in [-0.4, -0.2) is 50.6 Å². The first kappa shape index (κ1) is 54.9. The van der Waals surface area contributed by atoms with Crippen LogP contribution in [0.2, 0.25) is 0 Å². The van der Waals surface area contributed by atoms with Crippen molar-refractivity contribution >= 4 is 22.9 Å². The summed E-state index contributed by atoms with van der Waals surface area (Å²) in [5.74, 6) is 0.357. The average Bonchev–Trinajstić information content (AvgIpc) is 3.37. The van der Waals surface area contributed by atoms with E-state index in [1.54, 1.807) is 0 Å². The summed E-state index contributed by atoms with van der Waals surface area (Å²) < 4.78 is 12.1. The Balaban J connectivity index is 1.06. The first-order chi connectivity index (χ1) is 34.3. The predicted octanol–water partition coefficient (Wildman–Crippen LogP) is 13.9. The van der Waals surface area contributed by atoms with Crippen molar-refractivity contribution < 1.29 is 39.1 Å². The molecule has 2 fully saturated rings. The van der Waals surface area contributed by atoms with Gasteiger partial charge < -0.3 is 19.7 Å². The molecule has 0 radical (unpaired) electrons. The second kappa shape index (κ2) is 27.4. The van der Waals surface area contributed by atoms with Crippen molar-refractivity contribution in [3.05, 3.63) is 140 Å². The van der Waals surface area contributed by atoms with Gasteiger partial charge in [0.15, 0.2) is 5.78 Å². The average molecular weight is 975 g/mol. The van der Waals surface area contributed by atoms with Gasteiger partial charge in [0.2, 0.25) is 5.79 Å². The lowest BCUT2D eigenvalue weighted by Crippen LogP contribution is -2.57. The summed E-state index contributed by atoms with van der Waals surface area (Å²) in [5, 5.41) is 47.5. The quantitative estimate of drug-likeness (QED) is 0.0221. The van der Waals surface area contributed by atoms with Crippen molar-refractivity contribution in [2.24, 2.45) is 17.3 Å². The van der Waals surface area contributed by atoms with E-state index in [9.17, 15) is 40.0 Å². The van der Waals surface area contributed by atoms with Crippen molar-refractivity contribution in [3.63, 3.8) is 0 Å². The molecule has 71 heavy (non-hydrogen) atoms. The van der Waals surface area contributed by atoms with Gasteiger partial charge in [-0.2, -0.15) is 0 Å². The van der Waals surface area contributed by atoms with Gasteiger partial charge in [-0.25, -0.2) is 0 Å². The van der Waals surface area contributed by atoms with E-state index in [0.717, 1.165) is 23.3 Å². The third-order valence-corrected chi connectivity index (χ3v) is 15.5. The highest BCUT2D eigenvalue weighted by molar-refractivity contribution is 5.88. The van der Waals surface area contributed by atoms with E-state index in [-0.39, 0.29) is 42.8 Å². The maximum Gasteiger partial charge on any atom is 0.269 e. The summed E-state index contributed by atoms with van der Waals surface area (Å²) in [4.78, 5) is 50.3. The number of Topliss-reactive ketones (excluding diaryl/α,β-unsaturated/α-hetero) is 2. The number of unbranched alkanes of at least 4 members (excludes halogenated alkanes) is 4. The summed E-state index contributed by atoms with van der Waals surface area (Å²) in [5.41, 5.74) is 1.48. The summed E-state index contributed by atoms with van der Waals surface area (Å²) in [7, 11) is 0. The van der Waals surface area contributed by atoms with Gasteiger partial charge in [-0.15, -0.1) is 0 Å². The van der Waals surface area contributed by atoms with E-state index in [2.05, 4.69) is 38.1 Å². The smallest absolute Gasteiger partial charge is 0.269 e. The number of carbonyl (C=O) groups excluding carboxylic acids is 2. The molecule has 2 N–H and O–H groups in total. The van der Waals surface area contributed by atoms with Crippen LogP contribution in [0, 0.1) is 37.5 Å². The zero-order valence-electron chi connectivity index (χ0n) is 42.3. The second-order valence-electron chi connectivity index (χ2n) is 20.8. The monoisotopic (exact) mass is 975 g/mol. The molecule has 0 spiro atoms. The Morgan fingerprint density at radius 2 is 0.944 bits per heavy atom. The van der Waals surface area contributed by atoms with Crippen molar-refractivity contribution in [1.29, 1.82) is 0 Å². The Bertz CT molecular complexity index is 2200. The molecular formula is C59H78N2O10. The highest BCUT2D eigenvalue weighted by atomic mass is 16.6. The zero-order chi connectivity index (χ0) is 50.6. The molecule has 2 aliphatic carbocycles. The fourth-order valence-corrected chi connectivity index (χ4v) is 11.3. The van der Waals surface area contributed by atoms with Gasteiger partial charge in [-0.05, 0) is 173 Å². The number of hydrogen-bond donors (Lipinski definition) is 2. The van der Waals surface area contributed by atoms with Crippen molar-refractivity contribution in [2.45, 2.75) is 179 Å². The van der Waals surface area contributed by atoms with E-state index in [0.29, 0.717) is 74.7 Å². The second-order valence-corrected chi connectivity index (χ2v) is 20.8. The summed E-state index contributed by atoms with van der Waals surface area (Å²) in [6.07, 6.45) is 17.9. The fraction of sp³-hybridized carbons (Fsp3) is 0.559. The van der Waals surface area contributed by atoms with Gasteiger partial charge in [0.1, 0.15) is 17.3 Å². The Kier molecular flexibility index (Phi) is 21.2. The molecule has 2 saturated carbocycles. The number of ketones is 2.